The van der Waals surface area contributed by atoms with Crippen LogP contribution in [-0.2, 0) is 6.61 Å². The maximum atomic E-state index is 13.5. The van der Waals surface area contributed by atoms with E-state index in [9.17, 15) is 4.39 Å². The van der Waals surface area contributed by atoms with Crippen LogP contribution in [0.2, 0.25) is 0 Å². The number of hydrogen-bond donors (Lipinski definition) is 0. The molecular weight excluding hydrogens is 231 g/mol. The lowest BCUT2D eigenvalue weighted by Crippen LogP contribution is -2.03. The Labute approximate surface area is 106 Å². The fraction of sp³-hybridized carbons (Fsp3) is 0.286. The van der Waals surface area contributed by atoms with Gasteiger partial charge in [0.1, 0.15) is 12.4 Å². The molecule has 0 saturated heterocycles. The zero-order valence-corrected chi connectivity index (χ0v) is 10.4. The van der Waals surface area contributed by atoms with Crippen LogP contribution in [0.4, 0.5) is 4.39 Å². The van der Waals surface area contributed by atoms with Gasteiger partial charge in [0.15, 0.2) is 0 Å². The smallest absolute Gasteiger partial charge is 0.213 e. The lowest BCUT2D eigenvalue weighted by molar-refractivity contribution is 0.288. The molecule has 0 aromatic carbocycles. The Morgan fingerprint density at radius 1 is 1.28 bits per heavy atom. The third-order valence-electron chi connectivity index (χ3n) is 2.57. The van der Waals surface area contributed by atoms with Gasteiger partial charge in [-0.25, -0.2) is 9.37 Å². The SMILES string of the molecule is CC(C)c1cc(COc2ccccn2)ncc1F. The van der Waals surface area contributed by atoms with E-state index >= 15 is 0 Å². The van der Waals surface area contributed by atoms with E-state index in [-0.39, 0.29) is 18.3 Å². The van der Waals surface area contributed by atoms with Gasteiger partial charge in [0.05, 0.1) is 11.9 Å². The second-order valence-corrected chi connectivity index (χ2v) is 4.31. The van der Waals surface area contributed by atoms with Crippen molar-refractivity contribution in [1.82, 2.24) is 9.97 Å². The van der Waals surface area contributed by atoms with Gasteiger partial charge in [0.2, 0.25) is 5.88 Å². The van der Waals surface area contributed by atoms with E-state index in [1.165, 1.54) is 6.20 Å². The second-order valence-electron chi connectivity index (χ2n) is 4.31. The average molecular weight is 246 g/mol. The van der Waals surface area contributed by atoms with Gasteiger partial charge >= 0.3 is 0 Å². The molecule has 0 N–H and O–H groups in total. The molecule has 3 nitrogen and oxygen atoms in total. The summed E-state index contributed by atoms with van der Waals surface area (Å²) in [6, 6.07) is 7.18. The van der Waals surface area contributed by atoms with Crippen LogP contribution in [0.1, 0.15) is 31.0 Å². The minimum Gasteiger partial charge on any atom is -0.471 e. The van der Waals surface area contributed by atoms with E-state index in [1.54, 1.807) is 18.3 Å². The predicted octanol–water partition coefficient (Wildman–Crippen LogP) is 3.32. The van der Waals surface area contributed by atoms with Gasteiger partial charge in [-0.15, -0.1) is 0 Å². The summed E-state index contributed by atoms with van der Waals surface area (Å²) in [5.41, 5.74) is 1.36. The first-order chi connectivity index (χ1) is 8.66. The third-order valence-corrected chi connectivity index (χ3v) is 2.57. The summed E-state index contributed by atoms with van der Waals surface area (Å²) in [4.78, 5) is 8.05. The highest BCUT2D eigenvalue weighted by Crippen LogP contribution is 2.19. The molecule has 0 aliphatic carbocycles. The Hall–Kier alpha value is -1.97. The topological polar surface area (TPSA) is 35.0 Å². The van der Waals surface area contributed by atoms with E-state index in [2.05, 4.69) is 9.97 Å². The molecule has 0 bridgehead atoms. The van der Waals surface area contributed by atoms with Gasteiger partial charge < -0.3 is 4.74 Å². The second kappa shape index (κ2) is 5.58. The van der Waals surface area contributed by atoms with E-state index in [0.29, 0.717) is 17.1 Å². The molecule has 0 spiro atoms. The fourth-order valence-corrected chi connectivity index (χ4v) is 1.60. The Balaban J connectivity index is 2.08. The minimum atomic E-state index is -0.272. The lowest BCUT2D eigenvalue weighted by Gasteiger charge is -2.09. The molecule has 0 unspecified atom stereocenters. The maximum Gasteiger partial charge on any atom is 0.213 e. The number of hydrogen-bond acceptors (Lipinski definition) is 3. The predicted molar refractivity (Wildman–Crippen MR) is 66.9 cm³/mol. The highest BCUT2D eigenvalue weighted by Gasteiger charge is 2.09. The van der Waals surface area contributed by atoms with Gasteiger partial charge in [-0.1, -0.05) is 19.9 Å². The van der Waals surface area contributed by atoms with Crippen LogP contribution in [0.3, 0.4) is 0 Å². The number of ether oxygens (including phenoxy) is 1. The molecule has 0 amide bonds. The summed E-state index contributed by atoms with van der Waals surface area (Å²) in [5.74, 6) is 0.392. The summed E-state index contributed by atoms with van der Waals surface area (Å²) in [6.07, 6.45) is 2.90. The molecule has 0 fully saturated rings. The van der Waals surface area contributed by atoms with Crippen LogP contribution in [0.15, 0.2) is 36.7 Å². The van der Waals surface area contributed by atoms with Crippen LogP contribution in [0.25, 0.3) is 0 Å². The van der Waals surface area contributed by atoms with Gasteiger partial charge in [0, 0.05) is 12.3 Å². The normalized spacial score (nSPS) is 10.7. The highest BCUT2D eigenvalue weighted by molar-refractivity contribution is 5.21. The molecule has 0 aliphatic heterocycles. The number of halogens is 1. The molecule has 18 heavy (non-hydrogen) atoms. The number of rotatable bonds is 4. The van der Waals surface area contributed by atoms with Crippen molar-refractivity contribution in [2.75, 3.05) is 0 Å². The Morgan fingerprint density at radius 2 is 2.11 bits per heavy atom. The molecule has 0 aliphatic rings. The van der Waals surface area contributed by atoms with Gasteiger partial charge in [-0.3, -0.25) is 4.98 Å². The highest BCUT2D eigenvalue weighted by atomic mass is 19.1. The largest absolute Gasteiger partial charge is 0.471 e. The van der Waals surface area contributed by atoms with Crippen molar-refractivity contribution in [3.8, 4) is 5.88 Å². The molecule has 2 aromatic heterocycles. The van der Waals surface area contributed by atoms with Crippen molar-refractivity contribution in [2.45, 2.75) is 26.4 Å². The van der Waals surface area contributed by atoms with Crippen LogP contribution in [-0.4, -0.2) is 9.97 Å². The summed E-state index contributed by atoms with van der Waals surface area (Å²) in [6.45, 7) is 4.18. The number of pyridine rings is 2. The van der Waals surface area contributed by atoms with Crippen molar-refractivity contribution in [3.05, 3.63) is 53.7 Å². The first kappa shape index (κ1) is 12.5. The van der Waals surface area contributed by atoms with Crippen molar-refractivity contribution in [1.29, 1.82) is 0 Å². The Kier molecular flexibility index (Phi) is 3.87. The van der Waals surface area contributed by atoms with Crippen molar-refractivity contribution < 1.29 is 9.13 Å². The average Bonchev–Trinajstić information content (AvgIpc) is 2.38. The van der Waals surface area contributed by atoms with Crippen LogP contribution >= 0.6 is 0 Å². The van der Waals surface area contributed by atoms with Crippen molar-refractivity contribution in [3.63, 3.8) is 0 Å². The fourth-order valence-electron chi connectivity index (χ4n) is 1.60. The van der Waals surface area contributed by atoms with E-state index in [1.807, 2.05) is 26.0 Å². The number of aromatic nitrogens is 2. The first-order valence-corrected chi connectivity index (χ1v) is 5.85. The monoisotopic (exact) mass is 246 g/mol. The molecule has 0 radical (unpaired) electrons. The molecule has 94 valence electrons. The Bertz CT molecular complexity index is 514. The van der Waals surface area contributed by atoms with Crippen LogP contribution < -0.4 is 4.74 Å². The molecule has 2 aromatic rings. The molecule has 2 heterocycles. The zero-order chi connectivity index (χ0) is 13.0. The van der Waals surface area contributed by atoms with E-state index in [0.717, 1.165) is 0 Å². The molecular formula is C14H15FN2O. The van der Waals surface area contributed by atoms with E-state index in [4.69, 9.17) is 4.74 Å². The molecule has 0 atom stereocenters. The van der Waals surface area contributed by atoms with Gasteiger partial charge in [0.25, 0.3) is 0 Å². The summed E-state index contributed by atoms with van der Waals surface area (Å²) in [7, 11) is 0. The first-order valence-electron chi connectivity index (χ1n) is 5.85. The molecule has 2 rings (SSSR count). The lowest BCUT2D eigenvalue weighted by atomic mass is 10.0. The molecule has 0 saturated carbocycles. The van der Waals surface area contributed by atoms with Crippen molar-refractivity contribution >= 4 is 0 Å². The standard InChI is InChI=1S/C14H15FN2O/c1-10(2)12-7-11(17-8-13(12)15)9-18-14-5-3-4-6-16-14/h3-8,10H,9H2,1-2H3. The van der Waals surface area contributed by atoms with Gasteiger partial charge in [-0.05, 0) is 23.6 Å². The molecule has 4 heteroatoms. The van der Waals surface area contributed by atoms with Gasteiger partial charge in [-0.2, -0.15) is 0 Å². The van der Waals surface area contributed by atoms with Crippen LogP contribution in [0.5, 0.6) is 5.88 Å². The number of nitrogens with zero attached hydrogens (tertiary/aromatic N) is 2. The maximum absolute atomic E-state index is 13.5. The van der Waals surface area contributed by atoms with Crippen molar-refractivity contribution in [2.24, 2.45) is 0 Å². The third kappa shape index (κ3) is 3.03. The zero-order valence-electron chi connectivity index (χ0n) is 10.4. The summed E-state index contributed by atoms with van der Waals surface area (Å²) < 4.78 is 18.9. The Morgan fingerprint density at radius 3 is 2.78 bits per heavy atom. The summed E-state index contributed by atoms with van der Waals surface area (Å²) >= 11 is 0. The quantitative estimate of drug-likeness (QED) is 0.830. The minimum absolute atomic E-state index is 0.126. The summed E-state index contributed by atoms with van der Waals surface area (Å²) in [5, 5.41) is 0. The van der Waals surface area contributed by atoms with Crippen LogP contribution in [0, 0.1) is 5.82 Å². The van der Waals surface area contributed by atoms with E-state index < -0.39 is 0 Å².